The van der Waals surface area contributed by atoms with Crippen LogP contribution in [0.2, 0.25) is 0 Å². The van der Waals surface area contributed by atoms with Gasteiger partial charge < -0.3 is 25.6 Å². The lowest BCUT2D eigenvalue weighted by atomic mass is 9.85. The first-order valence-corrected chi connectivity index (χ1v) is 11.8. The highest BCUT2D eigenvalue weighted by molar-refractivity contribution is 5.90. The molecule has 1 amide bonds. The number of hydrogen-bond acceptors (Lipinski definition) is 8. The van der Waals surface area contributed by atoms with Crippen LogP contribution >= 0.6 is 0 Å². The lowest BCUT2D eigenvalue weighted by molar-refractivity contribution is -0.137. The van der Waals surface area contributed by atoms with Gasteiger partial charge in [-0.05, 0) is 55.1 Å². The number of hydrogen-bond donors (Lipinski definition) is 2. The van der Waals surface area contributed by atoms with Crippen LogP contribution in [0, 0.1) is 5.92 Å². The molecule has 34 heavy (non-hydrogen) atoms. The number of rotatable bonds is 5. The highest BCUT2D eigenvalue weighted by Gasteiger charge is 2.29. The van der Waals surface area contributed by atoms with Gasteiger partial charge in [0.2, 0.25) is 5.91 Å². The number of nitrogen functional groups attached to an aromatic ring is 1. The van der Waals surface area contributed by atoms with E-state index in [0.717, 1.165) is 72.7 Å². The van der Waals surface area contributed by atoms with Crippen molar-refractivity contribution in [2.24, 2.45) is 10.9 Å². The average Bonchev–Trinajstić information content (AvgIpc) is 3.31. The quantitative estimate of drug-likeness (QED) is 0.705. The largest absolute Gasteiger partial charge is 0.495 e. The summed E-state index contributed by atoms with van der Waals surface area (Å²) in [6.45, 7) is 4.15. The molecule has 1 aromatic carbocycles. The number of benzene rings is 1. The summed E-state index contributed by atoms with van der Waals surface area (Å²) in [4.78, 5) is 30.4. The van der Waals surface area contributed by atoms with Crippen LogP contribution in [0.5, 0.6) is 5.75 Å². The molecule has 1 aliphatic carbocycles. The molecular formula is C25H31N7O2. The Hall–Kier alpha value is -3.46. The Balaban J connectivity index is 1.37. The molecule has 3 heterocycles. The van der Waals surface area contributed by atoms with E-state index in [1.54, 1.807) is 7.11 Å². The third-order valence-corrected chi connectivity index (χ3v) is 6.98. The van der Waals surface area contributed by atoms with Gasteiger partial charge in [0.05, 0.1) is 24.9 Å². The molecule has 3 aliphatic rings. The molecule has 2 aromatic rings. The molecule has 1 saturated heterocycles. The number of anilines is 3. The maximum Gasteiger partial charge on any atom is 0.226 e. The first-order valence-electron chi connectivity index (χ1n) is 11.8. The molecule has 178 valence electrons. The highest BCUT2D eigenvalue weighted by atomic mass is 16.5. The fourth-order valence-electron chi connectivity index (χ4n) is 4.91. The van der Waals surface area contributed by atoms with Gasteiger partial charge >= 0.3 is 0 Å². The van der Waals surface area contributed by atoms with Gasteiger partial charge in [-0.1, -0.05) is 6.08 Å². The third-order valence-electron chi connectivity index (χ3n) is 6.98. The van der Waals surface area contributed by atoms with Crippen LogP contribution in [0.1, 0.15) is 36.0 Å². The molecule has 1 aromatic heterocycles. The lowest BCUT2D eigenvalue weighted by Crippen LogP contribution is -2.49. The van der Waals surface area contributed by atoms with Gasteiger partial charge in [-0.15, -0.1) is 0 Å². The number of methoxy groups -OCH3 is 1. The minimum absolute atomic E-state index is 0.0190. The molecule has 1 unspecified atom stereocenters. The van der Waals surface area contributed by atoms with Crippen molar-refractivity contribution in [2.75, 3.05) is 51.4 Å². The number of aliphatic imine (C=N–C) groups is 1. The first kappa shape index (κ1) is 22.3. The van der Waals surface area contributed by atoms with Gasteiger partial charge in [-0.3, -0.25) is 9.79 Å². The predicted octanol–water partition coefficient (Wildman–Crippen LogP) is 2.70. The number of likely N-dealkylation sites (N-methyl/N-ethyl adjacent to an activating group) is 1. The number of amides is 1. The number of nitrogens with two attached hydrogens (primary N) is 1. The zero-order valence-corrected chi connectivity index (χ0v) is 19.8. The van der Waals surface area contributed by atoms with Crippen molar-refractivity contribution in [3.8, 4) is 5.75 Å². The van der Waals surface area contributed by atoms with E-state index in [1.807, 2.05) is 23.2 Å². The fourth-order valence-corrected chi connectivity index (χ4v) is 4.91. The zero-order chi connectivity index (χ0) is 23.7. The molecule has 0 bridgehead atoms. The van der Waals surface area contributed by atoms with Crippen molar-refractivity contribution in [3.63, 3.8) is 0 Å². The van der Waals surface area contributed by atoms with E-state index < -0.39 is 0 Å². The van der Waals surface area contributed by atoms with Crippen molar-refractivity contribution in [2.45, 2.75) is 25.8 Å². The second-order valence-electron chi connectivity index (χ2n) is 9.16. The number of allylic oxidation sites excluding steroid dienone is 2. The van der Waals surface area contributed by atoms with Crippen LogP contribution in [0.3, 0.4) is 0 Å². The number of ether oxygens (including phenoxy) is 1. The topological polar surface area (TPSA) is 109 Å². The highest BCUT2D eigenvalue weighted by Crippen LogP contribution is 2.39. The van der Waals surface area contributed by atoms with E-state index in [2.05, 4.69) is 38.3 Å². The van der Waals surface area contributed by atoms with E-state index in [1.165, 1.54) is 6.33 Å². The predicted molar refractivity (Wildman–Crippen MR) is 133 cm³/mol. The van der Waals surface area contributed by atoms with Crippen LogP contribution in [-0.4, -0.2) is 72.2 Å². The monoisotopic (exact) mass is 461 g/mol. The Morgan fingerprint density at radius 2 is 2.03 bits per heavy atom. The van der Waals surface area contributed by atoms with E-state index in [9.17, 15) is 4.79 Å². The first-order chi connectivity index (χ1) is 16.5. The summed E-state index contributed by atoms with van der Waals surface area (Å²) in [5.74, 6) is 2.07. The molecule has 0 radical (unpaired) electrons. The summed E-state index contributed by atoms with van der Waals surface area (Å²) >= 11 is 0. The lowest BCUT2D eigenvalue weighted by Gasteiger charge is -2.35. The van der Waals surface area contributed by atoms with E-state index in [0.29, 0.717) is 24.6 Å². The van der Waals surface area contributed by atoms with Crippen molar-refractivity contribution in [1.82, 2.24) is 19.8 Å². The van der Waals surface area contributed by atoms with Crippen LogP contribution in [0.25, 0.3) is 5.57 Å². The number of nitrogens with one attached hydrogen (secondary N) is 1. The second-order valence-corrected chi connectivity index (χ2v) is 9.16. The van der Waals surface area contributed by atoms with Gasteiger partial charge in [-0.2, -0.15) is 0 Å². The number of fused-ring (bicyclic) bond motifs is 1. The summed E-state index contributed by atoms with van der Waals surface area (Å²) in [6.07, 6.45) is 7.72. The average molecular weight is 462 g/mol. The Morgan fingerprint density at radius 3 is 2.76 bits per heavy atom. The Labute approximate surface area is 199 Å². The molecule has 2 aliphatic heterocycles. The summed E-state index contributed by atoms with van der Waals surface area (Å²) in [5.41, 5.74) is 11.2. The Bertz CT molecular complexity index is 1150. The van der Waals surface area contributed by atoms with Gasteiger partial charge in [0.15, 0.2) is 0 Å². The summed E-state index contributed by atoms with van der Waals surface area (Å²) in [7, 11) is 3.75. The van der Waals surface area contributed by atoms with E-state index in [-0.39, 0.29) is 11.8 Å². The Kier molecular flexibility index (Phi) is 6.19. The third kappa shape index (κ3) is 4.35. The molecule has 9 heteroatoms. The Morgan fingerprint density at radius 1 is 1.21 bits per heavy atom. The standard InChI is InChI=1S/C25H31N7O2/c1-31-7-9-32(10-8-31)25(33)17-5-3-16(4-6-17)22-23(26)28-15-29-24(22)30-20-11-18-13-27-14-19(18)12-21(20)34-2/h3,11-13,15,17H,4-10,14H2,1-2H3,(H3,26,28,29,30). The van der Waals surface area contributed by atoms with Crippen LogP contribution in [0.4, 0.5) is 17.3 Å². The molecule has 0 spiro atoms. The maximum absolute atomic E-state index is 13.0. The number of nitrogens with zero attached hydrogens (tertiary/aromatic N) is 5. The van der Waals surface area contributed by atoms with Crippen molar-refractivity contribution >= 4 is 35.0 Å². The number of piperazine rings is 1. The van der Waals surface area contributed by atoms with Crippen LogP contribution < -0.4 is 15.8 Å². The van der Waals surface area contributed by atoms with Crippen molar-refractivity contribution in [1.29, 1.82) is 0 Å². The smallest absolute Gasteiger partial charge is 0.226 e. The zero-order valence-electron chi connectivity index (χ0n) is 19.8. The van der Waals surface area contributed by atoms with Crippen LogP contribution in [-0.2, 0) is 11.3 Å². The van der Waals surface area contributed by atoms with Gasteiger partial charge in [-0.25, -0.2) is 9.97 Å². The SMILES string of the molecule is COc1cc2c(cc1Nc1ncnc(N)c1C1=CCC(C(=O)N3CCN(C)CC3)CC1)C=NC2. The molecule has 9 nitrogen and oxygen atoms in total. The fraction of sp³-hybridized carbons (Fsp3) is 0.440. The molecular weight excluding hydrogens is 430 g/mol. The minimum atomic E-state index is 0.0190. The molecule has 3 N–H and O–H groups in total. The molecule has 0 saturated carbocycles. The minimum Gasteiger partial charge on any atom is -0.495 e. The molecule has 1 fully saturated rings. The van der Waals surface area contributed by atoms with Crippen LogP contribution in [0.15, 0.2) is 29.5 Å². The molecule has 5 rings (SSSR count). The normalized spacial score (nSPS) is 20.1. The van der Waals surface area contributed by atoms with Gasteiger partial charge in [0.25, 0.3) is 0 Å². The van der Waals surface area contributed by atoms with Crippen molar-refractivity contribution in [3.05, 3.63) is 41.2 Å². The van der Waals surface area contributed by atoms with E-state index in [4.69, 9.17) is 10.5 Å². The second kappa shape index (κ2) is 9.42. The summed E-state index contributed by atoms with van der Waals surface area (Å²) in [6, 6.07) is 4.02. The number of carbonyl (C=O) groups is 1. The van der Waals surface area contributed by atoms with Gasteiger partial charge in [0, 0.05) is 38.3 Å². The molecule has 1 atom stereocenters. The maximum atomic E-state index is 13.0. The van der Waals surface area contributed by atoms with Gasteiger partial charge in [0.1, 0.15) is 23.7 Å². The van der Waals surface area contributed by atoms with E-state index >= 15 is 0 Å². The summed E-state index contributed by atoms with van der Waals surface area (Å²) < 4.78 is 5.61. The number of aromatic nitrogens is 2. The van der Waals surface area contributed by atoms with Crippen molar-refractivity contribution < 1.29 is 9.53 Å². The number of carbonyl (C=O) groups excluding carboxylic acids is 1. The summed E-state index contributed by atoms with van der Waals surface area (Å²) in [5, 5.41) is 3.41.